The fraction of sp³-hybridized carbons (Fsp3) is 0.200. The van der Waals surface area contributed by atoms with E-state index in [2.05, 4.69) is 10.6 Å². The summed E-state index contributed by atoms with van der Waals surface area (Å²) in [6.45, 7) is 1.37. The standard InChI is InChI=1S/C10H11ClN2O3/c1-6(9(14)15)12-10(16)13-8-5-3-2-4-7(8)11/h2-6H,1H3,(H,14,15)(H2,12,13,16). The van der Waals surface area contributed by atoms with Crippen LogP contribution in [0.5, 0.6) is 0 Å². The quantitative estimate of drug-likeness (QED) is 0.758. The molecule has 0 aliphatic carbocycles. The number of rotatable bonds is 3. The van der Waals surface area contributed by atoms with E-state index in [0.29, 0.717) is 10.7 Å². The van der Waals surface area contributed by atoms with Gasteiger partial charge < -0.3 is 15.7 Å². The first-order valence-electron chi connectivity index (χ1n) is 4.55. The highest BCUT2D eigenvalue weighted by Crippen LogP contribution is 2.19. The zero-order chi connectivity index (χ0) is 12.1. The summed E-state index contributed by atoms with van der Waals surface area (Å²) >= 11 is 5.81. The van der Waals surface area contributed by atoms with Crippen molar-refractivity contribution in [2.45, 2.75) is 13.0 Å². The van der Waals surface area contributed by atoms with Gasteiger partial charge in [0.25, 0.3) is 0 Å². The molecule has 0 heterocycles. The Labute approximate surface area is 97.4 Å². The molecule has 3 N–H and O–H groups in total. The molecule has 0 saturated heterocycles. The second-order valence-corrected chi connectivity index (χ2v) is 3.55. The molecule has 0 spiro atoms. The van der Waals surface area contributed by atoms with Crippen LogP contribution < -0.4 is 10.6 Å². The average molecular weight is 243 g/mol. The SMILES string of the molecule is CC(NC(=O)Nc1ccccc1Cl)C(=O)O. The molecule has 1 aromatic rings. The summed E-state index contributed by atoms with van der Waals surface area (Å²) in [7, 11) is 0. The highest BCUT2D eigenvalue weighted by molar-refractivity contribution is 6.33. The highest BCUT2D eigenvalue weighted by Gasteiger charge is 2.14. The Morgan fingerprint density at radius 1 is 1.38 bits per heavy atom. The molecule has 0 radical (unpaired) electrons. The summed E-state index contributed by atoms with van der Waals surface area (Å²) in [5.74, 6) is -1.10. The van der Waals surface area contributed by atoms with Crippen LogP contribution in [-0.4, -0.2) is 23.1 Å². The Hall–Kier alpha value is -1.75. The molecule has 1 unspecified atom stereocenters. The number of carboxylic acids is 1. The average Bonchev–Trinajstić information content (AvgIpc) is 2.21. The van der Waals surface area contributed by atoms with Crippen LogP contribution in [0.3, 0.4) is 0 Å². The zero-order valence-electron chi connectivity index (χ0n) is 8.53. The number of hydrogen-bond acceptors (Lipinski definition) is 2. The van der Waals surface area contributed by atoms with Gasteiger partial charge in [0.2, 0.25) is 0 Å². The van der Waals surface area contributed by atoms with Crippen LogP contribution in [0.2, 0.25) is 5.02 Å². The minimum Gasteiger partial charge on any atom is -0.480 e. The Bertz CT molecular complexity index is 409. The lowest BCUT2D eigenvalue weighted by Crippen LogP contribution is -2.40. The lowest BCUT2D eigenvalue weighted by Gasteiger charge is -2.11. The van der Waals surface area contributed by atoms with Gasteiger partial charge in [0.05, 0.1) is 10.7 Å². The number of urea groups is 1. The number of hydrogen-bond donors (Lipinski definition) is 3. The molecule has 0 aliphatic rings. The monoisotopic (exact) mass is 242 g/mol. The van der Waals surface area contributed by atoms with Crippen molar-refractivity contribution in [3.8, 4) is 0 Å². The van der Waals surface area contributed by atoms with Crippen LogP contribution in [0, 0.1) is 0 Å². The number of carbonyl (C=O) groups is 2. The van der Waals surface area contributed by atoms with Crippen molar-refractivity contribution in [2.24, 2.45) is 0 Å². The number of para-hydroxylation sites is 1. The lowest BCUT2D eigenvalue weighted by atomic mass is 10.3. The molecule has 0 aliphatic heterocycles. The van der Waals surface area contributed by atoms with Gasteiger partial charge in [0, 0.05) is 0 Å². The van der Waals surface area contributed by atoms with Crippen LogP contribution in [0.1, 0.15) is 6.92 Å². The molecule has 5 nitrogen and oxygen atoms in total. The first-order valence-corrected chi connectivity index (χ1v) is 4.93. The van der Waals surface area contributed by atoms with Crippen molar-refractivity contribution in [3.63, 3.8) is 0 Å². The first kappa shape index (κ1) is 12.3. The van der Waals surface area contributed by atoms with Gasteiger partial charge in [-0.15, -0.1) is 0 Å². The summed E-state index contributed by atoms with van der Waals surface area (Å²) in [5.41, 5.74) is 0.430. The van der Waals surface area contributed by atoms with E-state index in [0.717, 1.165) is 0 Å². The largest absolute Gasteiger partial charge is 0.480 e. The number of carbonyl (C=O) groups excluding carboxylic acids is 1. The number of halogens is 1. The van der Waals surface area contributed by atoms with Crippen molar-refractivity contribution in [1.29, 1.82) is 0 Å². The minimum atomic E-state index is -1.10. The number of aliphatic carboxylic acids is 1. The molecule has 0 bridgehead atoms. The van der Waals surface area contributed by atoms with Gasteiger partial charge >= 0.3 is 12.0 Å². The summed E-state index contributed by atoms with van der Waals surface area (Å²) in [4.78, 5) is 21.8. The van der Waals surface area contributed by atoms with E-state index < -0.39 is 18.0 Å². The Kier molecular flexibility index (Phi) is 4.13. The normalized spacial score (nSPS) is 11.6. The van der Waals surface area contributed by atoms with Crippen LogP contribution in [-0.2, 0) is 4.79 Å². The third-order valence-electron chi connectivity index (χ3n) is 1.84. The van der Waals surface area contributed by atoms with Crippen molar-refractivity contribution in [2.75, 3.05) is 5.32 Å². The van der Waals surface area contributed by atoms with E-state index in [9.17, 15) is 9.59 Å². The van der Waals surface area contributed by atoms with Gasteiger partial charge in [-0.3, -0.25) is 4.79 Å². The maximum atomic E-state index is 11.3. The van der Waals surface area contributed by atoms with Gasteiger partial charge in [0.15, 0.2) is 0 Å². The fourth-order valence-electron chi connectivity index (χ4n) is 0.979. The van der Waals surface area contributed by atoms with Gasteiger partial charge in [-0.05, 0) is 19.1 Å². The van der Waals surface area contributed by atoms with Gasteiger partial charge in [-0.2, -0.15) is 0 Å². The molecule has 0 saturated carbocycles. The molecule has 16 heavy (non-hydrogen) atoms. The molecule has 1 aromatic carbocycles. The predicted molar refractivity (Wildman–Crippen MR) is 60.7 cm³/mol. The van der Waals surface area contributed by atoms with Crippen molar-refractivity contribution in [3.05, 3.63) is 29.3 Å². The van der Waals surface area contributed by atoms with Crippen molar-refractivity contribution < 1.29 is 14.7 Å². The number of nitrogens with one attached hydrogen (secondary N) is 2. The summed E-state index contributed by atoms with van der Waals surface area (Å²) in [6.07, 6.45) is 0. The van der Waals surface area contributed by atoms with Gasteiger partial charge in [-0.1, -0.05) is 23.7 Å². The molecular formula is C10H11ClN2O3. The van der Waals surface area contributed by atoms with Crippen LogP contribution in [0.15, 0.2) is 24.3 Å². The number of benzene rings is 1. The molecule has 0 fully saturated rings. The van der Waals surface area contributed by atoms with E-state index in [1.54, 1.807) is 24.3 Å². The maximum Gasteiger partial charge on any atom is 0.325 e. The highest BCUT2D eigenvalue weighted by atomic mass is 35.5. The third-order valence-corrected chi connectivity index (χ3v) is 2.17. The van der Waals surface area contributed by atoms with E-state index in [1.165, 1.54) is 6.92 Å². The van der Waals surface area contributed by atoms with Crippen LogP contribution in [0.4, 0.5) is 10.5 Å². The summed E-state index contributed by atoms with van der Waals surface area (Å²) < 4.78 is 0. The molecule has 6 heteroatoms. The Morgan fingerprint density at radius 3 is 2.56 bits per heavy atom. The second kappa shape index (κ2) is 5.37. The number of anilines is 1. The number of amides is 2. The topological polar surface area (TPSA) is 78.4 Å². The second-order valence-electron chi connectivity index (χ2n) is 3.14. The van der Waals surface area contributed by atoms with Gasteiger partial charge in [-0.25, -0.2) is 4.79 Å². The maximum absolute atomic E-state index is 11.3. The summed E-state index contributed by atoms with van der Waals surface area (Å²) in [6, 6.07) is 5.11. The van der Waals surface area contributed by atoms with Crippen LogP contribution in [0.25, 0.3) is 0 Å². The molecule has 86 valence electrons. The minimum absolute atomic E-state index is 0.389. The summed E-state index contributed by atoms with van der Waals surface area (Å²) in [5, 5.41) is 13.7. The molecule has 2 amide bonds. The molecule has 1 atom stereocenters. The lowest BCUT2D eigenvalue weighted by molar-refractivity contribution is -0.138. The van der Waals surface area contributed by atoms with Crippen LogP contribution >= 0.6 is 11.6 Å². The molecule has 1 rings (SSSR count). The first-order chi connectivity index (χ1) is 7.50. The van der Waals surface area contributed by atoms with E-state index in [4.69, 9.17) is 16.7 Å². The Balaban J connectivity index is 2.59. The predicted octanol–water partition coefficient (Wildman–Crippen LogP) is 1.93. The van der Waals surface area contributed by atoms with Gasteiger partial charge in [0.1, 0.15) is 6.04 Å². The Morgan fingerprint density at radius 2 is 2.00 bits per heavy atom. The molecule has 0 aromatic heterocycles. The van der Waals surface area contributed by atoms with Crippen molar-refractivity contribution >= 4 is 29.3 Å². The smallest absolute Gasteiger partial charge is 0.325 e. The van der Waals surface area contributed by atoms with E-state index >= 15 is 0 Å². The fourth-order valence-corrected chi connectivity index (χ4v) is 1.16. The van der Waals surface area contributed by atoms with Crippen molar-refractivity contribution in [1.82, 2.24) is 5.32 Å². The van der Waals surface area contributed by atoms with E-state index in [-0.39, 0.29) is 0 Å². The third kappa shape index (κ3) is 3.43. The van der Waals surface area contributed by atoms with E-state index in [1.807, 2.05) is 0 Å². The number of carboxylic acid groups (broad SMARTS) is 1. The molecular weight excluding hydrogens is 232 g/mol. The zero-order valence-corrected chi connectivity index (χ0v) is 9.28.